The van der Waals surface area contributed by atoms with Crippen LogP contribution in [0.25, 0.3) is 0 Å². The molecule has 1 heterocycles. The third-order valence-corrected chi connectivity index (χ3v) is 1.90. The maximum Gasteiger partial charge on any atom is 0.335 e. The predicted octanol–water partition coefficient (Wildman–Crippen LogP) is 0.406. The quantitative estimate of drug-likeness (QED) is 0.400. The van der Waals surface area contributed by atoms with Gasteiger partial charge < -0.3 is 9.47 Å². The van der Waals surface area contributed by atoms with E-state index in [9.17, 15) is 4.79 Å². The van der Waals surface area contributed by atoms with Crippen molar-refractivity contribution in [3.05, 3.63) is 30.9 Å². The smallest absolute Gasteiger partial charge is 0.335 e. The predicted molar refractivity (Wildman–Crippen MR) is 57.3 cm³/mol. The molecule has 0 spiro atoms. The number of rotatable bonds is 6. The second-order valence-electron chi connectivity index (χ2n) is 3.39. The topological polar surface area (TPSA) is 44.3 Å². The third-order valence-electron chi connectivity index (χ3n) is 1.90. The number of hydrogen-bond donors (Lipinski definition) is 0. The molecule has 0 saturated carbocycles. The van der Waals surface area contributed by atoms with Crippen LogP contribution < -0.4 is 4.57 Å². The van der Waals surface area contributed by atoms with Gasteiger partial charge >= 0.3 is 5.97 Å². The highest BCUT2D eigenvalue weighted by Gasteiger charge is 2.08. The molecule has 1 aromatic heterocycles. The van der Waals surface area contributed by atoms with E-state index in [4.69, 9.17) is 9.47 Å². The van der Waals surface area contributed by atoms with Crippen molar-refractivity contribution in [3.63, 3.8) is 0 Å². The molecule has 5 heteroatoms. The summed E-state index contributed by atoms with van der Waals surface area (Å²) in [5.41, 5.74) is 0.332. The second-order valence-corrected chi connectivity index (χ2v) is 3.39. The molecule has 88 valence electrons. The number of imidazole rings is 1. The van der Waals surface area contributed by atoms with E-state index in [2.05, 4.69) is 6.58 Å². The zero-order chi connectivity index (χ0) is 12.0. The highest BCUT2D eigenvalue weighted by atomic mass is 16.5. The van der Waals surface area contributed by atoms with Crippen molar-refractivity contribution < 1.29 is 18.8 Å². The van der Waals surface area contributed by atoms with Gasteiger partial charge in [0.25, 0.3) is 0 Å². The molecular weight excluding hydrogens is 208 g/mol. The van der Waals surface area contributed by atoms with Crippen LogP contribution in [0.2, 0.25) is 0 Å². The highest BCUT2D eigenvalue weighted by Crippen LogP contribution is 1.97. The van der Waals surface area contributed by atoms with Crippen molar-refractivity contribution in [1.29, 1.82) is 0 Å². The fourth-order valence-electron chi connectivity index (χ4n) is 1.14. The lowest BCUT2D eigenvalue weighted by Crippen LogP contribution is -2.24. The summed E-state index contributed by atoms with van der Waals surface area (Å²) in [6, 6.07) is 0. The van der Waals surface area contributed by atoms with Crippen LogP contribution in [0.4, 0.5) is 0 Å². The number of aromatic nitrogens is 2. The van der Waals surface area contributed by atoms with E-state index in [1.165, 1.54) is 0 Å². The van der Waals surface area contributed by atoms with E-state index in [0.29, 0.717) is 18.9 Å². The van der Waals surface area contributed by atoms with Gasteiger partial charge in [0.15, 0.2) is 6.73 Å². The number of carbonyl (C=O) groups excluding carboxylic acids is 1. The molecule has 1 aromatic rings. The van der Waals surface area contributed by atoms with Gasteiger partial charge in [-0.15, -0.1) is 0 Å². The van der Waals surface area contributed by atoms with Crippen LogP contribution in [-0.2, 0) is 28.0 Å². The Kier molecular flexibility index (Phi) is 4.72. The molecule has 1 rings (SSSR count). The summed E-state index contributed by atoms with van der Waals surface area (Å²) in [5, 5.41) is 0. The van der Waals surface area contributed by atoms with Crippen LogP contribution in [0.5, 0.6) is 0 Å². The Morgan fingerprint density at radius 2 is 2.31 bits per heavy atom. The van der Waals surface area contributed by atoms with Gasteiger partial charge in [-0.25, -0.2) is 13.9 Å². The number of hydrogen-bond acceptors (Lipinski definition) is 3. The Labute approximate surface area is 94.9 Å². The molecule has 0 aromatic carbocycles. The SMILES string of the molecule is C=C(COCn1cc[n+](C)c1)C(=O)OCC. The van der Waals surface area contributed by atoms with Crippen LogP contribution in [0.1, 0.15) is 6.92 Å². The van der Waals surface area contributed by atoms with Gasteiger partial charge in [-0.1, -0.05) is 6.58 Å². The Balaban J connectivity index is 2.25. The zero-order valence-corrected chi connectivity index (χ0v) is 9.68. The zero-order valence-electron chi connectivity index (χ0n) is 9.68. The first kappa shape index (κ1) is 12.4. The normalized spacial score (nSPS) is 10.1. The molecule has 16 heavy (non-hydrogen) atoms. The van der Waals surface area contributed by atoms with Crippen molar-refractivity contribution in [1.82, 2.24) is 4.57 Å². The molecule has 0 radical (unpaired) electrons. The highest BCUT2D eigenvalue weighted by molar-refractivity contribution is 5.87. The molecule has 0 N–H and O–H groups in total. The fraction of sp³-hybridized carbons (Fsp3) is 0.455. The molecule has 0 amide bonds. The molecule has 0 unspecified atom stereocenters. The monoisotopic (exact) mass is 225 g/mol. The van der Waals surface area contributed by atoms with Crippen molar-refractivity contribution in [2.75, 3.05) is 13.2 Å². The third kappa shape index (κ3) is 3.86. The molecule has 0 bridgehead atoms. The standard InChI is InChI=1S/C11H17N2O3/c1-4-16-11(14)10(2)7-15-9-13-6-5-12(3)8-13/h5-6,8H,2,4,7,9H2,1,3H3/q+1. The largest absolute Gasteiger partial charge is 0.463 e. The van der Waals surface area contributed by atoms with Crippen molar-refractivity contribution in [2.45, 2.75) is 13.7 Å². The first-order valence-electron chi connectivity index (χ1n) is 5.07. The molecule has 0 aliphatic heterocycles. The van der Waals surface area contributed by atoms with Crippen LogP contribution in [0.3, 0.4) is 0 Å². The van der Waals surface area contributed by atoms with E-state index in [-0.39, 0.29) is 6.61 Å². The summed E-state index contributed by atoms with van der Waals surface area (Å²) in [4.78, 5) is 11.2. The molecule has 0 aliphatic carbocycles. The average Bonchev–Trinajstić information content (AvgIpc) is 2.64. The summed E-state index contributed by atoms with van der Waals surface area (Å²) in [6.07, 6.45) is 5.67. The summed E-state index contributed by atoms with van der Waals surface area (Å²) in [7, 11) is 1.92. The minimum absolute atomic E-state index is 0.181. The fourth-order valence-corrected chi connectivity index (χ4v) is 1.14. The number of aryl methyl sites for hydroxylation is 1. The Morgan fingerprint density at radius 1 is 1.56 bits per heavy atom. The minimum atomic E-state index is -0.402. The lowest BCUT2D eigenvalue weighted by molar-refractivity contribution is -0.671. The summed E-state index contributed by atoms with van der Waals surface area (Å²) < 4.78 is 13.9. The van der Waals surface area contributed by atoms with Gasteiger partial charge in [0, 0.05) is 0 Å². The maximum atomic E-state index is 11.2. The second kappa shape index (κ2) is 6.07. The van der Waals surface area contributed by atoms with E-state index in [1.54, 1.807) is 6.92 Å². The van der Waals surface area contributed by atoms with Crippen molar-refractivity contribution >= 4 is 5.97 Å². The number of ether oxygens (including phenoxy) is 2. The van der Waals surface area contributed by atoms with E-state index < -0.39 is 5.97 Å². The molecule has 0 fully saturated rings. The first-order valence-corrected chi connectivity index (χ1v) is 5.07. The number of carbonyl (C=O) groups is 1. The van der Waals surface area contributed by atoms with Gasteiger partial charge in [-0.2, -0.15) is 0 Å². The Hall–Kier alpha value is -1.62. The van der Waals surface area contributed by atoms with Gasteiger partial charge in [-0.05, 0) is 6.92 Å². The van der Waals surface area contributed by atoms with Crippen LogP contribution in [0.15, 0.2) is 30.9 Å². The Morgan fingerprint density at radius 3 is 2.88 bits per heavy atom. The lowest BCUT2D eigenvalue weighted by Gasteiger charge is -2.04. The Bertz CT molecular complexity index is 371. The molecule has 0 saturated heterocycles. The van der Waals surface area contributed by atoms with Gasteiger partial charge in [0.05, 0.1) is 25.8 Å². The minimum Gasteiger partial charge on any atom is -0.463 e. The maximum absolute atomic E-state index is 11.2. The van der Waals surface area contributed by atoms with Crippen molar-refractivity contribution in [2.24, 2.45) is 7.05 Å². The summed E-state index contributed by atoms with van der Waals surface area (Å²) in [5.74, 6) is -0.402. The summed E-state index contributed by atoms with van der Waals surface area (Å²) in [6.45, 7) is 6.27. The van der Waals surface area contributed by atoms with Crippen LogP contribution >= 0.6 is 0 Å². The lowest BCUT2D eigenvalue weighted by atomic mass is 10.3. The van der Waals surface area contributed by atoms with Gasteiger partial charge in [-0.3, -0.25) is 0 Å². The van der Waals surface area contributed by atoms with Crippen molar-refractivity contribution in [3.8, 4) is 0 Å². The molecular formula is C11H17N2O3+. The van der Waals surface area contributed by atoms with Crippen LogP contribution in [-0.4, -0.2) is 23.8 Å². The molecule has 0 atom stereocenters. The number of nitrogens with zero attached hydrogens (tertiary/aromatic N) is 2. The number of esters is 1. The van der Waals surface area contributed by atoms with Crippen LogP contribution in [0, 0.1) is 0 Å². The van der Waals surface area contributed by atoms with E-state index in [0.717, 1.165) is 0 Å². The molecule has 0 aliphatic rings. The average molecular weight is 225 g/mol. The first-order chi connectivity index (χ1) is 7.63. The molecule has 5 nitrogen and oxygen atoms in total. The van der Waals surface area contributed by atoms with Gasteiger partial charge in [0.1, 0.15) is 12.4 Å². The van der Waals surface area contributed by atoms with E-state index >= 15 is 0 Å². The van der Waals surface area contributed by atoms with E-state index in [1.807, 2.05) is 34.9 Å². The summed E-state index contributed by atoms with van der Waals surface area (Å²) >= 11 is 0. The van der Waals surface area contributed by atoms with Gasteiger partial charge in [0.2, 0.25) is 6.33 Å².